The molecule has 0 bridgehead atoms. The van der Waals surface area contributed by atoms with Gasteiger partial charge < -0.3 is 5.73 Å². The lowest BCUT2D eigenvalue weighted by atomic mass is 9.95. The van der Waals surface area contributed by atoms with E-state index >= 15 is 0 Å². The monoisotopic (exact) mass is 305 g/mol. The largest absolute Gasteiger partial charge is 0.330 e. The van der Waals surface area contributed by atoms with Crippen LogP contribution in [0.4, 0.5) is 26.3 Å². The normalized spacial score (nSPS) is 11.0. The molecule has 0 aliphatic rings. The minimum Gasteiger partial charge on any atom is -0.330 e. The van der Waals surface area contributed by atoms with Crippen molar-refractivity contribution >= 4 is 0 Å². The Morgan fingerprint density at radius 1 is 0.762 bits per heavy atom. The summed E-state index contributed by atoms with van der Waals surface area (Å²) in [7, 11) is 0. The summed E-state index contributed by atoms with van der Waals surface area (Å²) in [5.74, 6) is -11.3. The second-order valence-electron chi connectivity index (χ2n) is 4.25. The average molecular weight is 305 g/mol. The zero-order chi connectivity index (χ0) is 15.7. The van der Waals surface area contributed by atoms with Gasteiger partial charge in [0.1, 0.15) is 5.82 Å². The van der Waals surface area contributed by atoms with Gasteiger partial charge >= 0.3 is 0 Å². The van der Waals surface area contributed by atoms with Crippen LogP contribution in [0.1, 0.15) is 5.56 Å². The number of nitrogens with two attached hydrogens (primary N) is 1. The number of benzene rings is 2. The summed E-state index contributed by atoms with van der Waals surface area (Å²) in [5, 5.41) is 0. The molecule has 0 radical (unpaired) electrons. The lowest BCUT2D eigenvalue weighted by molar-refractivity contribution is 0.381. The molecule has 21 heavy (non-hydrogen) atoms. The van der Waals surface area contributed by atoms with Crippen LogP contribution < -0.4 is 5.73 Å². The van der Waals surface area contributed by atoms with Gasteiger partial charge in [-0.05, 0) is 30.2 Å². The van der Waals surface area contributed by atoms with Gasteiger partial charge in [0.2, 0.25) is 5.82 Å². The first-order chi connectivity index (χ1) is 9.90. The SMILES string of the molecule is NCCc1c(F)cccc1-c1c(F)c(F)c(F)c(F)c1F. The van der Waals surface area contributed by atoms with E-state index in [1.165, 1.54) is 0 Å². The molecule has 0 heterocycles. The van der Waals surface area contributed by atoms with E-state index in [9.17, 15) is 26.3 Å². The second-order valence-corrected chi connectivity index (χ2v) is 4.25. The van der Waals surface area contributed by atoms with Crippen molar-refractivity contribution in [3.8, 4) is 11.1 Å². The molecular formula is C14H9F6N. The number of rotatable bonds is 3. The van der Waals surface area contributed by atoms with Gasteiger partial charge in [-0.1, -0.05) is 12.1 Å². The van der Waals surface area contributed by atoms with E-state index in [0.717, 1.165) is 18.2 Å². The van der Waals surface area contributed by atoms with Crippen LogP contribution in [0.2, 0.25) is 0 Å². The van der Waals surface area contributed by atoms with Gasteiger partial charge in [0.25, 0.3) is 0 Å². The van der Waals surface area contributed by atoms with Gasteiger partial charge in [-0.15, -0.1) is 0 Å². The van der Waals surface area contributed by atoms with Crippen LogP contribution in [0.25, 0.3) is 11.1 Å². The molecule has 0 saturated carbocycles. The van der Waals surface area contributed by atoms with Crippen LogP contribution in [-0.4, -0.2) is 6.54 Å². The highest BCUT2D eigenvalue weighted by Crippen LogP contribution is 2.34. The molecule has 1 nitrogen and oxygen atoms in total. The van der Waals surface area contributed by atoms with Gasteiger partial charge in [-0.25, -0.2) is 26.3 Å². The first-order valence-electron chi connectivity index (χ1n) is 5.89. The Balaban J connectivity index is 2.83. The van der Waals surface area contributed by atoms with E-state index in [1.807, 2.05) is 0 Å². The van der Waals surface area contributed by atoms with Crippen molar-refractivity contribution in [1.29, 1.82) is 0 Å². The molecule has 2 aromatic rings. The van der Waals surface area contributed by atoms with E-state index in [1.54, 1.807) is 0 Å². The average Bonchev–Trinajstić information content (AvgIpc) is 2.46. The van der Waals surface area contributed by atoms with Crippen molar-refractivity contribution in [1.82, 2.24) is 0 Å². The lowest BCUT2D eigenvalue weighted by Crippen LogP contribution is -2.09. The molecule has 0 aromatic heterocycles. The molecule has 0 atom stereocenters. The summed E-state index contributed by atoms with van der Waals surface area (Å²) in [6, 6.07) is 3.20. The number of halogens is 6. The van der Waals surface area contributed by atoms with E-state index in [-0.39, 0.29) is 18.5 Å². The highest BCUT2D eigenvalue weighted by Gasteiger charge is 2.28. The van der Waals surface area contributed by atoms with E-state index in [2.05, 4.69) is 0 Å². The van der Waals surface area contributed by atoms with Crippen LogP contribution in [0.3, 0.4) is 0 Å². The maximum Gasteiger partial charge on any atom is 0.200 e. The van der Waals surface area contributed by atoms with Gasteiger partial charge in [0.15, 0.2) is 23.3 Å². The Morgan fingerprint density at radius 3 is 1.81 bits per heavy atom. The molecule has 0 saturated heterocycles. The zero-order valence-electron chi connectivity index (χ0n) is 10.5. The maximum absolute atomic E-state index is 13.8. The van der Waals surface area contributed by atoms with Crippen LogP contribution in [0.5, 0.6) is 0 Å². The summed E-state index contributed by atoms with van der Waals surface area (Å²) < 4.78 is 80.7. The molecule has 0 aliphatic heterocycles. The zero-order valence-corrected chi connectivity index (χ0v) is 10.5. The number of hydrogen-bond acceptors (Lipinski definition) is 1. The van der Waals surface area contributed by atoms with Crippen LogP contribution in [-0.2, 0) is 6.42 Å². The fraction of sp³-hybridized carbons (Fsp3) is 0.143. The molecule has 0 spiro atoms. The van der Waals surface area contributed by atoms with E-state index in [0.29, 0.717) is 0 Å². The molecule has 0 unspecified atom stereocenters. The molecule has 7 heteroatoms. The topological polar surface area (TPSA) is 26.0 Å². The van der Waals surface area contributed by atoms with Crippen LogP contribution in [0, 0.1) is 34.9 Å². The quantitative estimate of drug-likeness (QED) is 0.522. The van der Waals surface area contributed by atoms with Gasteiger partial charge in [-0.3, -0.25) is 0 Å². The smallest absolute Gasteiger partial charge is 0.200 e. The molecular weight excluding hydrogens is 296 g/mol. The third kappa shape index (κ3) is 2.49. The van der Waals surface area contributed by atoms with E-state index in [4.69, 9.17) is 5.73 Å². The predicted octanol–water partition coefficient (Wildman–Crippen LogP) is 3.69. The molecule has 2 aromatic carbocycles. The summed E-state index contributed by atoms with van der Waals surface area (Å²) in [4.78, 5) is 0. The number of hydrogen-bond donors (Lipinski definition) is 1. The van der Waals surface area contributed by atoms with Crippen molar-refractivity contribution in [2.24, 2.45) is 5.73 Å². The summed E-state index contributed by atoms with van der Waals surface area (Å²) >= 11 is 0. The Morgan fingerprint density at radius 2 is 1.29 bits per heavy atom. The Bertz CT molecular complexity index is 669. The van der Waals surface area contributed by atoms with Crippen molar-refractivity contribution in [3.63, 3.8) is 0 Å². The lowest BCUT2D eigenvalue weighted by Gasteiger charge is -2.13. The molecule has 0 fully saturated rings. The maximum atomic E-state index is 13.8. The molecule has 2 N–H and O–H groups in total. The predicted molar refractivity (Wildman–Crippen MR) is 64.4 cm³/mol. The Labute approximate surface area is 116 Å². The molecule has 0 aliphatic carbocycles. The van der Waals surface area contributed by atoms with Crippen molar-refractivity contribution in [2.75, 3.05) is 6.54 Å². The highest BCUT2D eigenvalue weighted by atomic mass is 19.2. The molecule has 112 valence electrons. The Hall–Kier alpha value is -2.02. The summed E-state index contributed by atoms with van der Waals surface area (Å²) in [5.41, 5.74) is 3.50. The van der Waals surface area contributed by atoms with Gasteiger partial charge in [-0.2, -0.15) is 0 Å². The van der Waals surface area contributed by atoms with Gasteiger partial charge in [0, 0.05) is 0 Å². The fourth-order valence-electron chi connectivity index (χ4n) is 2.03. The standard InChI is InChI=1S/C14H9F6N/c15-8-3-1-2-7(6(8)4-5-21)9-10(16)12(18)14(20)13(19)11(9)17/h1-3H,4-5,21H2. The Kier molecular flexibility index (Phi) is 4.22. The first-order valence-corrected chi connectivity index (χ1v) is 5.89. The van der Waals surface area contributed by atoms with Crippen molar-refractivity contribution in [2.45, 2.75) is 6.42 Å². The second kappa shape index (κ2) is 5.77. The van der Waals surface area contributed by atoms with Crippen LogP contribution in [0.15, 0.2) is 18.2 Å². The van der Waals surface area contributed by atoms with Crippen molar-refractivity contribution in [3.05, 3.63) is 58.7 Å². The first kappa shape index (κ1) is 15.4. The minimum absolute atomic E-state index is 0.0523. The van der Waals surface area contributed by atoms with Gasteiger partial charge in [0.05, 0.1) is 5.56 Å². The third-order valence-electron chi connectivity index (χ3n) is 2.99. The fourth-order valence-corrected chi connectivity index (χ4v) is 2.03. The third-order valence-corrected chi connectivity index (χ3v) is 2.99. The highest BCUT2D eigenvalue weighted by molar-refractivity contribution is 5.69. The van der Waals surface area contributed by atoms with Crippen LogP contribution >= 0.6 is 0 Å². The molecule has 0 amide bonds. The summed E-state index contributed by atoms with van der Waals surface area (Å²) in [6.07, 6.45) is -0.110. The summed E-state index contributed by atoms with van der Waals surface area (Å²) in [6.45, 7) is -0.0523. The van der Waals surface area contributed by atoms with Crippen molar-refractivity contribution < 1.29 is 26.3 Å². The molecule has 2 rings (SSSR count). The minimum atomic E-state index is -2.26. The van der Waals surface area contributed by atoms with E-state index < -0.39 is 46.0 Å².